The molecule has 2 saturated heterocycles. The molecule has 3 N–H and O–H groups in total. The van der Waals surface area contributed by atoms with E-state index in [1.54, 1.807) is 0 Å². The maximum absolute atomic E-state index is 14.3. The summed E-state index contributed by atoms with van der Waals surface area (Å²) in [4.78, 5) is 12.3. The van der Waals surface area contributed by atoms with E-state index in [9.17, 15) is 31.9 Å². The Labute approximate surface area is 145 Å². The largest absolute Gasteiger partial charge is 0.419 e. The lowest BCUT2D eigenvalue weighted by Crippen LogP contribution is -2.48. The first kappa shape index (κ1) is 19.0. The van der Waals surface area contributed by atoms with Crippen LogP contribution in [-0.4, -0.2) is 42.9 Å². The number of alkyl halides is 3. The van der Waals surface area contributed by atoms with Gasteiger partial charge in [0.2, 0.25) is 5.91 Å². The van der Waals surface area contributed by atoms with Gasteiger partial charge in [-0.25, -0.2) is 8.78 Å². The summed E-state index contributed by atoms with van der Waals surface area (Å²) in [6, 6.07) is -1.18. The van der Waals surface area contributed by atoms with Crippen LogP contribution in [0.1, 0.15) is 23.6 Å². The third-order valence-electron chi connectivity index (χ3n) is 4.58. The minimum atomic E-state index is -5.02. The summed E-state index contributed by atoms with van der Waals surface area (Å²) in [5.41, 5.74) is -2.06. The number of hydrogen-bond donors (Lipinski definition) is 3. The molecular formula is C16H17F5N2O3. The smallest absolute Gasteiger partial charge is 0.392 e. The van der Waals surface area contributed by atoms with Crippen molar-refractivity contribution in [2.24, 2.45) is 5.92 Å². The molecule has 3 atom stereocenters. The first-order valence-corrected chi connectivity index (χ1v) is 8.02. The molecule has 0 saturated carbocycles. The van der Waals surface area contributed by atoms with Crippen LogP contribution in [0, 0.1) is 17.6 Å². The lowest BCUT2D eigenvalue weighted by atomic mass is 9.90. The van der Waals surface area contributed by atoms with Gasteiger partial charge in [0.05, 0.1) is 37.0 Å². The fraction of sp³-hybridized carbons (Fsp3) is 0.562. The van der Waals surface area contributed by atoms with Crippen LogP contribution < -0.4 is 10.6 Å². The van der Waals surface area contributed by atoms with E-state index in [0.717, 1.165) is 0 Å². The van der Waals surface area contributed by atoms with E-state index in [1.807, 2.05) is 0 Å². The predicted molar refractivity (Wildman–Crippen MR) is 79.0 cm³/mol. The average Bonchev–Trinajstić information content (AvgIpc) is 2.92. The number of nitrogens with one attached hydrogen (secondary N) is 2. The molecular weight excluding hydrogens is 363 g/mol. The van der Waals surface area contributed by atoms with E-state index in [2.05, 4.69) is 10.6 Å². The van der Waals surface area contributed by atoms with Gasteiger partial charge in [-0.05, 0) is 18.6 Å². The highest BCUT2D eigenvalue weighted by Crippen LogP contribution is 2.36. The number of amides is 1. The van der Waals surface area contributed by atoms with Crippen LogP contribution in [0.5, 0.6) is 0 Å². The van der Waals surface area contributed by atoms with Gasteiger partial charge in [0.15, 0.2) is 0 Å². The highest BCUT2D eigenvalue weighted by atomic mass is 19.4. The van der Waals surface area contributed by atoms with E-state index in [4.69, 9.17) is 4.74 Å². The third-order valence-corrected chi connectivity index (χ3v) is 4.58. The molecule has 0 radical (unpaired) electrons. The van der Waals surface area contributed by atoms with Gasteiger partial charge in [-0.3, -0.25) is 4.79 Å². The number of aliphatic hydroxyl groups excluding tert-OH is 1. The number of β-amino-alcohol motifs (C(OH)–C–C–N with tert-alkyl or cyclic N) is 1. The maximum Gasteiger partial charge on any atom is 0.419 e. The van der Waals surface area contributed by atoms with E-state index in [-0.39, 0.29) is 37.8 Å². The van der Waals surface area contributed by atoms with Crippen LogP contribution in [0.4, 0.5) is 22.0 Å². The fourth-order valence-electron chi connectivity index (χ4n) is 3.08. The Morgan fingerprint density at radius 1 is 1.27 bits per heavy atom. The molecule has 10 heteroatoms. The van der Waals surface area contributed by atoms with Gasteiger partial charge >= 0.3 is 6.18 Å². The van der Waals surface area contributed by atoms with Crippen molar-refractivity contribution in [2.75, 3.05) is 19.8 Å². The Morgan fingerprint density at radius 2 is 1.96 bits per heavy atom. The summed E-state index contributed by atoms with van der Waals surface area (Å²) in [5, 5.41) is 14.8. The Bertz CT molecular complexity index is 693. The van der Waals surface area contributed by atoms with Crippen LogP contribution in [0.3, 0.4) is 0 Å². The summed E-state index contributed by atoms with van der Waals surface area (Å²) in [5.74, 6) is -3.80. The molecule has 3 rings (SSSR count). The molecule has 1 aromatic carbocycles. The maximum atomic E-state index is 14.3. The molecule has 0 unspecified atom stereocenters. The lowest BCUT2D eigenvalue weighted by molar-refractivity contribution is -0.140. The quantitative estimate of drug-likeness (QED) is 0.693. The molecule has 0 bridgehead atoms. The van der Waals surface area contributed by atoms with Crippen molar-refractivity contribution in [1.29, 1.82) is 0 Å². The molecule has 0 aromatic heterocycles. The Balaban J connectivity index is 1.86. The highest BCUT2D eigenvalue weighted by Gasteiger charge is 2.39. The van der Waals surface area contributed by atoms with Crippen molar-refractivity contribution < 1.29 is 36.6 Å². The topological polar surface area (TPSA) is 70.6 Å². The molecule has 2 aliphatic rings. The first-order valence-electron chi connectivity index (χ1n) is 8.02. The van der Waals surface area contributed by atoms with Gasteiger partial charge in [0.1, 0.15) is 11.6 Å². The van der Waals surface area contributed by atoms with Gasteiger partial charge in [-0.1, -0.05) is 0 Å². The van der Waals surface area contributed by atoms with Crippen molar-refractivity contribution in [1.82, 2.24) is 10.6 Å². The van der Waals surface area contributed by atoms with Crippen molar-refractivity contribution in [3.63, 3.8) is 0 Å². The van der Waals surface area contributed by atoms with E-state index in [0.29, 0.717) is 6.07 Å². The van der Waals surface area contributed by atoms with Crippen LogP contribution in [0.2, 0.25) is 0 Å². The SMILES string of the molecule is O=C(N[C@@H](c1cc(F)c(C(F)(F)F)cc1F)C1COC1)[C@H]1C[C@@H](O)CN1. The normalized spacial score (nSPS) is 25.0. The number of aliphatic hydroxyl groups is 1. The van der Waals surface area contributed by atoms with Gasteiger partial charge in [-0.15, -0.1) is 0 Å². The van der Waals surface area contributed by atoms with E-state index < -0.39 is 53.4 Å². The van der Waals surface area contributed by atoms with Crippen molar-refractivity contribution in [3.05, 3.63) is 34.9 Å². The summed E-state index contributed by atoms with van der Waals surface area (Å²) in [7, 11) is 0. The monoisotopic (exact) mass is 380 g/mol. The number of halogens is 5. The highest BCUT2D eigenvalue weighted by molar-refractivity contribution is 5.82. The number of carbonyl (C=O) groups excluding carboxylic acids is 1. The second-order valence-electron chi connectivity index (χ2n) is 6.49. The molecule has 2 heterocycles. The number of rotatable bonds is 4. The predicted octanol–water partition coefficient (Wildman–Crippen LogP) is 1.51. The molecule has 1 amide bonds. The summed E-state index contributed by atoms with van der Waals surface area (Å²) < 4.78 is 71.4. The minimum absolute atomic E-state index is 0.0981. The second kappa shape index (κ2) is 7.09. The van der Waals surface area contributed by atoms with E-state index >= 15 is 0 Å². The van der Waals surface area contributed by atoms with Crippen LogP contribution in [0.15, 0.2) is 12.1 Å². The zero-order valence-electron chi connectivity index (χ0n) is 13.4. The van der Waals surface area contributed by atoms with Crippen LogP contribution >= 0.6 is 0 Å². The molecule has 2 aliphatic heterocycles. The van der Waals surface area contributed by atoms with Gasteiger partial charge < -0.3 is 20.5 Å². The Hall–Kier alpha value is -1.78. The number of hydrogen-bond acceptors (Lipinski definition) is 4. The first-order chi connectivity index (χ1) is 12.2. The van der Waals surface area contributed by atoms with Crippen LogP contribution in [0.25, 0.3) is 0 Å². The number of carbonyl (C=O) groups is 1. The summed E-state index contributed by atoms with van der Waals surface area (Å²) in [6.07, 6.45) is -5.56. The molecule has 0 spiro atoms. The molecule has 26 heavy (non-hydrogen) atoms. The van der Waals surface area contributed by atoms with Crippen molar-refractivity contribution in [3.8, 4) is 0 Å². The van der Waals surface area contributed by atoms with Gasteiger partial charge in [-0.2, -0.15) is 13.2 Å². The van der Waals surface area contributed by atoms with E-state index in [1.165, 1.54) is 0 Å². The number of ether oxygens (including phenoxy) is 1. The zero-order valence-corrected chi connectivity index (χ0v) is 13.4. The van der Waals surface area contributed by atoms with Crippen LogP contribution in [-0.2, 0) is 15.7 Å². The standard InChI is InChI=1S/C16H17F5N2O3/c17-11-3-10(16(19,20)21)12(18)2-9(11)14(7-5-26-6-7)23-15(25)13-1-8(24)4-22-13/h2-3,7-8,13-14,22,24H,1,4-6H2,(H,23,25)/t8-,13-,14-/m1/s1. The zero-order chi connectivity index (χ0) is 19.1. The molecule has 5 nitrogen and oxygen atoms in total. The summed E-state index contributed by atoms with van der Waals surface area (Å²) >= 11 is 0. The number of benzene rings is 1. The summed E-state index contributed by atoms with van der Waals surface area (Å²) in [6.45, 7) is 0.542. The molecule has 144 valence electrons. The Kier molecular flexibility index (Phi) is 5.18. The fourth-order valence-corrected chi connectivity index (χ4v) is 3.08. The van der Waals surface area contributed by atoms with Gasteiger partial charge in [0.25, 0.3) is 0 Å². The van der Waals surface area contributed by atoms with Crippen molar-refractivity contribution in [2.45, 2.75) is 30.8 Å². The van der Waals surface area contributed by atoms with Crippen molar-refractivity contribution >= 4 is 5.91 Å². The average molecular weight is 380 g/mol. The molecule has 2 fully saturated rings. The Morgan fingerprint density at radius 3 is 2.46 bits per heavy atom. The second-order valence-corrected chi connectivity index (χ2v) is 6.49. The minimum Gasteiger partial charge on any atom is -0.392 e. The molecule has 0 aliphatic carbocycles. The van der Waals surface area contributed by atoms with Gasteiger partial charge in [0, 0.05) is 18.0 Å². The third kappa shape index (κ3) is 3.81. The molecule has 1 aromatic rings. The lowest BCUT2D eigenvalue weighted by Gasteiger charge is -2.35.